The van der Waals surface area contributed by atoms with Gasteiger partial charge in [0, 0.05) is 31.4 Å². The number of hydrogen-bond acceptors (Lipinski definition) is 4. The van der Waals surface area contributed by atoms with Gasteiger partial charge in [0.25, 0.3) is 5.91 Å². The number of piperazine rings is 1. The van der Waals surface area contributed by atoms with Gasteiger partial charge in [-0.15, -0.1) is 11.6 Å². The van der Waals surface area contributed by atoms with Crippen LogP contribution in [0.3, 0.4) is 0 Å². The highest BCUT2D eigenvalue weighted by Gasteiger charge is 2.37. The zero-order chi connectivity index (χ0) is 26.4. The highest BCUT2D eigenvalue weighted by molar-refractivity contribution is 6.29. The minimum absolute atomic E-state index is 0.137. The Morgan fingerprint density at radius 2 is 1.68 bits per heavy atom. The molecule has 0 bridgehead atoms. The molecule has 2 amide bonds. The lowest BCUT2D eigenvalue weighted by Crippen LogP contribution is -2.57. The maximum atomic E-state index is 14.0. The second kappa shape index (κ2) is 12.2. The molecule has 1 heterocycles. The molecule has 194 valence electrons. The van der Waals surface area contributed by atoms with Crippen LogP contribution in [0.4, 0.5) is 10.1 Å². The van der Waals surface area contributed by atoms with E-state index in [1.807, 2.05) is 30.3 Å². The smallest absolute Gasteiger partial charge is 0.250 e. The molecule has 1 fully saturated rings. The Bertz CT molecular complexity index is 1190. The lowest BCUT2D eigenvalue weighted by molar-refractivity contribution is -0.135. The number of halogens is 2. The molecule has 4 rings (SSSR count). The van der Waals surface area contributed by atoms with Crippen molar-refractivity contribution in [1.29, 1.82) is 0 Å². The van der Waals surface area contributed by atoms with Crippen molar-refractivity contribution in [3.63, 3.8) is 0 Å². The minimum atomic E-state index is -1.00. The van der Waals surface area contributed by atoms with Gasteiger partial charge in [-0.1, -0.05) is 44.2 Å². The first-order valence-electron chi connectivity index (χ1n) is 12.4. The fraction of sp³-hybridized carbons (Fsp3) is 0.310. The summed E-state index contributed by atoms with van der Waals surface area (Å²) in [5.41, 5.74) is 0.999. The summed E-state index contributed by atoms with van der Waals surface area (Å²) in [4.78, 5) is 30.5. The van der Waals surface area contributed by atoms with Crippen LogP contribution >= 0.6 is 11.6 Å². The summed E-state index contributed by atoms with van der Waals surface area (Å²) in [6, 6.07) is 21.1. The van der Waals surface area contributed by atoms with Crippen molar-refractivity contribution in [2.24, 2.45) is 5.92 Å². The van der Waals surface area contributed by atoms with Crippen LogP contribution in [0, 0.1) is 11.7 Å². The van der Waals surface area contributed by atoms with Crippen LogP contribution in [0.5, 0.6) is 11.5 Å². The standard InChI is InChI=1S/C29H31ClFN3O3/c1-20(2)26-19-33(17-16-32-26)29(36)28(21-8-10-22(31)11-9-21)34(27(35)18-30)23-12-14-25(15-13-23)37-24-6-4-3-5-7-24/h3-15,20,26,28,32H,16-19H2,1-2H3/t26-,28?/m1/s1. The molecule has 3 aromatic rings. The molecule has 0 saturated carbocycles. The topological polar surface area (TPSA) is 61.9 Å². The summed E-state index contributed by atoms with van der Waals surface area (Å²) < 4.78 is 19.7. The Hall–Kier alpha value is -3.42. The monoisotopic (exact) mass is 523 g/mol. The third kappa shape index (κ3) is 6.48. The van der Waals surface area contributed by atoms with E-state index in [4.69, 9.17) is 16.3 Å². The average molecular weight is 524 g/mol. The van der Waals surface area contributed by atoms with Gasteiger partial charge in [-0.05, 0) is 60.0 Å². The van der Waals surface area contributed by atoms with Gasteiger partial charge in [0.05, 0.1) is 0 Å². The average Bonchev–Trinajstić information content (AvgIpc) is 2.93. The molecule has 0 aromatic heterocycles. The molecule has 0 spiro atoms. The lowest BCUT2D eigenvalue weighted by Gasteiger charge is -2.40. The molecule has 1 aliphatic rings. The van der Waals surface area contributed by atoms with Crippen molar-refractivity contribution in [2.45, 2.75) is 25.9 Å². The normalized spacial score (nSPS) is 16.4. The third-order valence-electron chi connectivity index (χ3n) is 6.48. The van der Waals surface area contributed by atoms with Gasteiger partial charge in [-0.3, -0.25) is 14.5 Å². The van der Waals surface area contributed by atoms with Crippen LogP contribution in [0.1, 0.15) is 25.5 Å². The fourth-order valence-electron chi connectivity index (χ4n) is 4.45. The number of para-hydroxylation sites is 1. The second-order valence-electron chi connectivity index (χ2n) is 9.35. The zero-order valence-electron chi connectivity index (χ0n) is 20.9. The molecular formula is C29H31ClFN3O3. The van der Waals surface area contributed by atoms with Crippen molar-refractivity contribution in [1.82, 2.24) is 10.2 Å². The predicted octanol–water partition coefficient (Wildman–Crippen LogP) is 5.39. The summed E-state index contributed by atoms with van der Waals surface area (Å²) in [5, 5.41) is 3.45. The Morgan fingerprint density at radius 3 is 2.30 bits per heavy atom. The molecule has 1 N–H and O–H groups in total. The van der Waals surface area contributed by atoms with Gasteiger partial charge in [-0.25, -0.2) is 4.39 Å². The molecule has 8 heteroatoms. The van der Waals surface area contributed by atoms with Crippen molar-refractivity contribution in [3.05, 3.63) is 90.2 Å². The van der Waals surface area contributed by atoms with Crippen LogP contribution in [-0.2, 0) is 9.59 Å². The van der Waals surface area contributed by atoms with E-state index >= 15 is 0 Å². The molecule has 1 aliphatic heterocycles. The zero-order valence-corrected chi connectivity index (χ0v) is 21.7. The number of anilines is 1. The fourth-order valence-corrected chi connectivity index (χ4v) is 4.57. The molecule has 6 nitrogen and oxygen atoms in total. The number of alkyl halides is 1. The SMILES string of the molecule is CC(C)[C@H]1CN(C(=O)C(c2ccc(F)cc2)N(C(=O)CCl)c2ccc(Oc3ccccc3)cc2)CCN1. The molecule has 0 aliphatic carbocycles. The Labute approximate surface area is 222 Å². The summed E-state index contributed by atoms with van der Waals surface area (Å²) >= 11 is 6.04. The van der Waals surface area contributed by atoms with Crippen LogP contribution in [0.25, 0.3) is 0 Å². The Morgan fingerprint density at radius 1 is 1.03 bits per heavy atom. The Kier molecular flexibility index (Phi) is 8.79. The number of benzene rings is 3. The van der Waals surface area contributed by atoms with Crippen molar-refractivity contribution >= 4 is 29.1 Å². The van der Waals surface area contributed by atoms with E-state index in [1.165, 1.54) is 17.0 Å². The maximum Gasteiger partial charge on any atom is 0.250 e. The predicted molar refractivity (Wildman–Crippen MR) is 144 cm³/mol. The van der Waals surface area contributed by atoms with Crippen LogP contribution in [0.2, 0.25) is 0 Å². The number of nitrogens with one attached hydrogen (secondary N) is 1. The Balaban J connectivity index is 1.70. The molecule has 1 unspecified atom stereocenters. The summed E-state index contributed by atoms with van der Waals surface area (Å²) in [6.07, 6.45) is 0. The maximum absolute atomic E-state index is 14.0. The molecule has 37 heavy (non-hydrogen) atoms. The minimum Gasteiger partial charge on any atom is -0.457 e. The first kappa shape index (κ1) is 26.6. The first-order valence-corrected chi connectivity index (χ1v) is 12.9. The van der Waals surface area contributed by atoms with Gasteiger partial charge in [0.2, 0.25) is 5.91 Å². The lowest BCUT2D eigenvalue weighted by atomic mass is 9.98. The number of hydrogen-bond donors (Lipinski definition) is 1. The largest absolute Gasteiger partial charge is 0.457 e. The second-order valence-corrected chi connectivity index (χ2v) is 9.62. The van der Waals surface area contributed by atoms with Gasteiger partial charge in [0.15, 0.2) is 0 Å². The van der Waals surface area contributed by atoms with Crippen molar-refractivity contribution < 1.29 is 18.7 Å². The van der Waals surface area contributed by atoms with Gasteiger partial charge in [0.1, 0.15) is 29.2 Å². The quantitative estimate of drug-likeness (QED) is 0.402. The first-order chi connectivity index (χ1) is 17.9. The highest BCUT2D eigenvalue weighted by atomic mass is 35.5. The van der Waals surface area contributed by atoms with E-state index in [1.54, 1.807) is 41.3 Å². The summed E-state index contributed by atoms with van der Waals surface area (Å²) in [5.74, 6) is 0.191. The number of ether oxygens (including phenoxy) is 1. The van der Waals surface area contributed by atoms with E-state index in [-0.39, 0.29) is 17.8 Å². The van der Waals surface area contributed by atoms with Gasteiger partial charge < -0.3 is 15.0 Å². The number of rotatable bonds is 8. The highest BCUT2D eigenvalue weighted by Crippen LogP contribution is 2.32. The number of amides is 2. The third-order valence-corrected chi connectivity index (χ3v) is 6.71. The van der Waals surface area contributed by atoms with Gasteiger partial charge >= 0.3 is 0 Å². The molecule has 3 aromatic carbocycles. The van der Waals surface area contributed by atoms with E-state index in [2.05, 4.69) is 19.2 Å². The van der Waals surface area contributed by atoms with E-state index in [9.17, 15) is 14.0 Å². The molecular weight excluding hydrogens is 493 g/mol. The van der Waals surface area contributed by atoms with E-state index in [0.717, 1.165) is 0 Å². The summed E-state index contributed by atoms with van der Waals surface area (Å²) in [7, 11) is 0. The van der Waals surface area contributed by atoms with E-state index in [0.29, 0.717) is 48.3 Å². The summed E-state index contributed by atoms with van der Waals surface area (Å²) in [6.45, 7) is 5.88. The number of carbonyl (C=O) groups is 2. The number of nitrogens with zero attached hydrogens (tertiary/aromatic N) is 2. The van der Waals surface area contributed by atoms with Crippen molar-refractivity contribution in [2.75, 3.05) is 30.4 Å². The number of carbonyl (C=O) groups excluding carboxylic acids is 2. The van der Waals surface area contributed by atoms with Crippen LogP contribution in [0.15, 0.2) is 78.9 Å². The van der Waals surface area contributed by atoms with Crippen LogP contribution < -0.4 is 15.0 Å². The molecule has 1 saturated heterocycles. The molecule has 0 radical (unpaired) electrons. The molecule has 2 atom stereocenters. The van der Waals surface area contributed by atoms with Gasteiger partial charge in [-0.2, -0.15) is 0 Å². The van der Waals surface area contributed by atoms with E-state index < -0.39 is 17.8 Å². The van der Waals surface area contributed by atoms with Crippen LogP contribution in [-0.4, -0.2) is 48.3 Å². The van der Waals surface area contributed by atoms with Crippen molar-refractivity contribution in [3.8, 4) is 11.5 Å².